The zero-order chi connectivity index (χ0) is 21.6. The normalized spacial score (nSPS) is 21.8. The summed E-state index contributed by atoms with van der Waals surface area (Å²) in [5.41, 5.74) is 3.46. The van der Waals surface area contributed by atoms with Gasteiger partial charge in [0.1, 0.15) is 12.9 Å². The lowest BCUT2D eigenvalue weighted by Gasteiger charge is -2.34. The molecule has 1 fully saturated rings. The Morgan fingerprint density at radius 3 is 2.97 bits per heavy atom. The molecule has 0 aliphatic carbocycles. The molecule has 1 saturated heterocycles. The van der Waals surface area contributed by atoms with Crippen LogP contribution in [0.1, 0.15) is 30.4 Å². The Balaban J connectivity index is 1.46. The van der Waals surface area contributed by atoms with Crippen molar-refractivity contribution in [1.29, 1.82) is 0 Å². The summed E-state index contributed by atoms with van der Waals surface area (Å²) < 4.78 is 7.16. The fraction of sp³-hybridized carbons (Fsp3) is 0.476. The van der Waals surface area contributed by atoms with Crippen LogP contribution < -0.4 is 10.2 Å². The van der Waals surface area contributed by atoms with Crippen LogP contribution in [0.15, 0.2) is 24.8 Å². The van der Waals surface area contributed by atoms with Crippen molar-refractivity contribution in [3.8, 4) is 0 Å². The maximum absolute atomic E-state index is 12.8. The topological polar surface area (TPSA) is 97.5 Å². The second-order valence-electron chi connectivity index (χ2n) is 8.79. The Bertz CT molecular complexity index is 1150. The van der Waals surface area contributed by atoms with Gasteiger partial charge < -0.3 is 10.1 Å². The molecule has 0 bridgehead atoms. The van der Waals surface area contributed by atoms with Crippen molar-refractivity contribution < 1.29 is 9.53 Å². The highest BCUT2D eigenvalue weighted by Gasteiger charge is 2.35. The fourth-order valence-corrected chi connectivity index (χ4v) is 6.33. The molecule has 0 radical (unpaired) electrons. The first-order valence-corrected chi connectivity index (χ1v) is 13.3. The van der Waals surface area contributed by atoms with Crippen molar-refractivity contribution in [3.05, 3.63) is 35.9 Å². The van der Waals surface area contributed by atoms with Gasteiger partial charge in [0.25, 0.3) is 0 Å². The van der Waals surface area contributed by atoms with Gasteiger partial charge in [-0.15, -0.1) is 0 Å². The average molecular weight is 442 g/mol. The molecule has 5 heterocycles. The third-order valence-electron chi connectivity index (χ3n) is 6.09. The molecule has 1 amide bonds. The minimum atomic E-state index is -0.590. The standard InChI is InChI=1S/C21H27N7O2S/c1-14-9-18-23-13-24-27(18)11-17(14)25-20-22-10-15-12-30-21(29)28(19(15)26-20)16-5-4-7-31(2,3)8-6-16/h9-11,13,16H,4-8,12H2,1-3H3,(H,22,25,26). The lowest BCUT2D eigenvalue weighted by Crippen LogP contribution is -2.44. The SMILES string of the molecule is Cc1cc2ncnn2cc1Nc1ncc2c(n1)N(C1CCCS(C)(C)CC1)C(=O)OC2. The highest BCUT2D eigenvalue weighted by atomic mass is 32.3. The predicted octanol–water partition coefficient (Wildman–Crippen LogP) is 3.64. The number of carbonyl (C=O) groups is 1. The Morgan fingerprint density at radius 1 is 1.23 bits per heavy atom. The van der Waals surface area contributed by atoms with Crippen LogP contribution in [-0.2, 0) is 11.3 Å². The molecule has 0 aromatic carbocycles. The summed E-state index contributed by atoms with van der Waals surface area (Å²) in [6.45, 7) is 2.20. The number of nitrogens with one attached hydrogen (secondary N) is 1. The van der Waals surface area contributed by atoms with Gasteiger partial charge in [-0.3, -0.25) is 4.90 Å². The van der Waals surface area contributed by atoms with Crippen LogP contribution in [0.5, 0.6) is 0 Å². The molecular formula is C21H27N7O2S. The summed E-state index contributed by atoms with van der Waals surface area (Å²) in [7, 11) is -0.590. The summed E-state index contributed by atoms with van der Waals surface area (Å²) in [4.78, 5) is 28.0. The van der Waals surface area contributed by atoms with Gasteiger partial charge in [0.05, 0.1) is 17.4 Å². The third kappa shape index (κ3) is 3.91. The zero-order valence-electron chi connectivity index (χ0n) is 18.0. The molecule has 3 aromatic rings. The Kier molecular flexibility index (Phi) is 4.96. The highest BCUT2D eigenvalue weighted by molar-refractivity contribution is 8.32. The first-order chi connectivity index (χ1) is 14.9. The van der Waals surface area contributed by atoms with E-state index in [1.54, 1.807) is 15.6 Å². The van der Waals surface area contributed by atoms with Crippen LogP contribution in [0.4, 0.5) is 22.2 Å². The number of hydrogen-bond acceptors (Lipinski definition) is 7. The Hall–Kier alpha value is -2.88. The number of amides is 1. The summed E-state index contributed by atoms with van der Waals surface area (Å²) in [5, 5.41) is 7.48. The number of fused-ring (bicyclic) bond motifs is 2. The summed E-state index contributed by atoms with van der Waals surface area (Å²) in [5.74, 6) is 3.51. The van der Waals surface area contributed by atoms with Crippen LogP contribution in [-0.4, -0.2) is 60.7 Å². The maximum Gasteiger partial charge on any atom is 0.416 e. The van der Waals surface area contributed by atoms with E-state index in [2.05, 4.69) is 32.9 Å². The predicted molar refractivity (Wildman–Crippen MR) is 123 cm³/mol. The molecule has 0 saturated carbocycles. The number of ether oxygens (including phenoxy) is 1. The summed E-state index contributed by atoms with van der Waals surface area (Å²) in [6, 6.07) is 2.06. The molecule has 5 rings (SSSR count). The zero-order valence-corrected chi connectivity index (χ0v) is 18.9. The Labute approximate surface area is 182 Å². The van der Waals surface area contributed by atoms with Crippen LogP contribution in [0.3, 0.4) is 0 Å². The molecule has 0 spiro atoms. The lowest BCUT2D eigenvalue weighted by molar-refractivity contribution is 0.137. The first-order valence-electron chi connectivity index (χ1n) is 10.5. The number of aromatic nitrogens is 5. The van der Waals surface area contributed by atoms with E-state index in [1.807, 2.05) is 19.2 Å². The minimum Gasteiger partial charge on any atom is -0.444 e. The van der Waals surface area contributed by atoms with E-state index in [0.717, 1.165) is 47.5 Å². The van der Waals surface area contributed by atoms with Crippen molar-refractivity contribution in [1.82, 2.24) is 24.6 Å². The molecule has 1 unspecified atom stereocenters. The van der Waals surface area contributed by atoms with E-state index >= 15 is 0 Å². The van der Waals surface area contributed by atoms with E-state index in [-0.39, 0.29) is 18.7 Å². The molecule has 9 nitrogen and oxygen atoms in total. The average Bonchev–Trinajstić information content (AvgIpc) is 3.10. The van der Waals surface area contributed by atoms with E-state index in [4.69, 9.17) is 9.72 Å². The number of cyclic esters (lactones) is 1. The lowest BCUT2D eigenvalue weighted by atomic mass is 10.1. The van der Waals surface area contributed by atoms with Gasteiger partial charge in [-0.05, 0) is 61.8 Å². The quantitative estimate of drug-likeness (QED) is 0.662. The van der Waals surface area contributed by atoms with Gasteiger partial charge in [-0.2, -0.15) is 10.1 Å². The molecule has 2 aliphatic heterocycles. The first kappa shape index (κ1) is 20.0. The van der Waals surface area contributed by atoms with Gasteiger partial charge >= 0.3 is 6.09 Å². The number of carbonyl (C=O) groups excluding carboxylic acids is 1. The van der Waals surface area contributed by atoms with Gasteiger partial charge in [-0.25, -0.2) is 29.3 Å². The molecule has 31 heavy (non-hydrogen) atoms. The van der Waals surface area contributed by atoms with Crippen LogP contribution in [0.2, 0.25) is 0 Å². The summed E-state index contributed by atoms with van der Waals surface area (Å²) in [6.07, 6.45) is 12.7. The largest absolute Gasteiger partial charge is 0.444 e. The number of rotatable bonds is 3. The molecule has 2 aliphatic rings. The van der Waals surface area contributed by atoms with Crippen molar-refractivity contribution in [2.45, 2.75) is 38.8 Å². The van der Waals surface area contributed by atoms with Crippen molar-refractivity contribution in [3.63, 3.8) is 0 Å². The molecular weight excluding hydrogens is 414 g/mol. The maximum atomic E-state index is 12.8. The molecule has 1 N–H and O–H groups in total. The van der Waals surface area contributed by atoms with E-state index in [1.165, 1.54) is 12.1 Å². The highest BCUT2D eigenvalue weighted by Crippen LogP contribution is 2.45. The van der Waals surface area contributed by atoms with Gasteiger partial charge in [0.2, 0.25) is 5.95 Å². The van der Waals surface area contributed by atoms with Crippen LogP contribution >= 0.6 is 10.0 Å². The molecule has 1 atom stereocenters. The van der Waals surface area contributed by atoms with Gasteiger partial charge in [0.15, 0.2) is 11.5 Å². The van der Waals surface area contributed by atoms with E-state index in [0.29, 0.717) is 11.8 Å². The fourth-order valence-electron chi connectivity index (χ4n) is 4.26. The number of aryl methyl sites for hydroxylation is 1. The second kappa shape index (κ2) is 7.67. The number of pyridine rings is 1. The van der Waals surface area contributed by atoms with Crippen molar-refractivity contribution in [2.24, 2.45) is 0 Å². The third-order valence-corrected chi connectivity index (χ3v) is 8.82. The number of nitrogens with zero attached hydrogens (tertiary/aromatic N) is 6. The van der Waals surface area contributed by atoms with Crippen LogP contribution in [0, 0.1) is 6.92 Å². The minimum absolute atomic E-state index is 0.108. The van der Waals surface area contributed by atoms with Crippen molar-refractivity contribution >= 4 is 39.2 Å². The number of hydrogen-bond donors (Lipinski definition) is 1. The monoisotopic (exact) mass is 441 g/mol. The summed E-state index contributed by atoms with van der Waals surface area (Å²) >= 11 is 0. The molecule has 10 heteroatoms. The van der Waals surface area contributed by atoms with Gasteiger partial charge in [0, 0.05) is 12.2 Å². The van der Waals surface area contributed by atoms with E-state index < -0.39 is 10.0 Å². The molecule has 164 valence electrons. The van der Waals surface area contributed by atoms with Crippen LogP contribution in [0.25, 0.3) is 5.65 Å². The van der Waals surface area contributed by atoms with E-state index in [9.17, 15) is 4.79 Å². The smallest absolute Gasteiger partial charge is 0.416 e. The number of anilines is 3. The van der Waals surface area contributed by atoms with Crippen molar-refractivity contribution in [2.75, 3.05) is 34.2 Å². The second-order valence-corrected chi connectivity index (χ2v) is 13.1. The Morgan fingerprint density at radius 2 is 2.10 bits per heavy atom. The molecule has 3 aromatic heterocycles. The van der Waals surface area contributed by atoms with Gasteiger partial charge in [-0.1, -0.05) is 0 Å².